The summed E-state index contributed by atoms with van der Waals surface area (Å²) in [6.45, 7) is 3.91. The maximum Gasteiger partial charge on any atom is 0.315 e. The molecule has 1 aromatic carbocycles. The maximum absolute atomic E-state index is 12.0. The normalized spacial score (nSPS) is 12.3. The zero-order chi connectivity index (χ0) is 15.5. The van der Waals surface area contributed by atoms with Crippen LogP contribution >= 0.6 is 11.3 Å². The van der Waals surface area contributed by atoms with Gasteiger partial charge < -0.3 is 15.2 Å². The molecular formula is C15H16N4O2S. The van der Waals surface area contributed by atoms with Gasteiger partial charge in [-0.05, 0) is 29.3 Å². The van der Waals surface area contributed by atoms with Crippen LogP contribution in [0, 0.1) is 6.92 Å². The van der Waals surface area contributed by atoms with Crippen LogP contribution in [0.3, 0.4) is 0 Å². The Kier molecular flexibility index (Phi) is 4.06. The number of benzene rings is 1. The van der Waals surface area contributed by atoms with E-state index in [1.807, 2.05) is 19.1 Å². The van der Waals surface area contributed by atoms with Crippen LogP contribution in [0.5, 0.6) is 0 Å². The van der Waals surface area contributed by atoms with Gasteiger partial charge in [-0.1, -0.05) is 23.4 Å². The number of aromatic nitrogens is 2. The zero-order valence-electron chi connectivity index (χ0n) is 12.3. The summed E-state index contributed by atoms with van der Waals surface area (Å²) in [5, 5.41) is 12.6. The predicted molar refractivity (Wildman–Crippen MR) is 84.6 cm³/mol. The van der Waals surface area contributed by atoms with Crippen molar-refractivity contribution >= 4 is 27.5 Å². The Morgan fingerprint density at radius 1 is 1.41 bits per heavy atom. The molecule has 0 fully saturated rings. The van der Waals surface area contributed by atoms with Crippen LogP contribution in [0.15, 0.2) is 34.2 Å². The summed E-state index contributed by atoms with van der Waals surface area (Å²) in [5.74, 6) is 0.941. The number of urea groups is 1. The third kappa shape index (κ3) is 3.09. The second-order valence-electron chi connectivity index (χ2n) is 4.97. The molecule has 1 atom stereocenters. The first-order valence-corrected chi connectivity index (χ1v) is 7.81. The molecular weight excluding hydrogens is 300 g/mol. The van der Waals surface area contributed by atoms with E-state index in [1.165, 1.54) is 10.1 Å². The highest BCUT2D eigenvalue weighted by Gasteiger charge is 2.14. The highest BCUT2D eigenvalue weighted by molar-refractivity contribution is 7.17. The third-order valence-electron chi connectivity index (χ3n) is 3.30. The molecule has 0 unspecified atom stereocenters. The number of nitrogens with zero attached hydrogens (tertiary/aromatic N) is 2. The van der Waals surface area contributed by atoms with Crippen molar-refractivity contribution in [2.24, 2.45) is 0 Å². The van der Waals surface area contributed by atoms with Gasteiger partial charge in [-0.15, -0.1) is 11.3 Å². The summed E-state index contributed by atoms with van der Waals surface area (Å²) in [5.41, 5.74) is 1.12. The van der Waals surface area contributed by atoms with E-state index in [-0.39, 0.29) is 18.6 Å². The van der Waals surface area contributed by atoms with Gasteiger partial charge in [0.25, 0.3) is 0 Å². The van der Waals surface area contributed by atoms with Crippen molar-refractivity contribution in [3.8, 4) is 0 Å². The SMILES string of the molecule is Cc1nc(CNC(=O)N[C@H](C)c2csc3ccccc23)no1. The number of thiophene rings is 1. The molecule has 0 bridgehead atoms. The highest BCUT2D eigenvalue weighted by Crippen LogP contribution is 2.29. The minimum atomic E-state index is -0.259. The number of carbonyl (C=O) groups is 1. The van der Waals surface area contributed by atoms with E-state index >= 15 is 0 Å². The van der Waals surface area contributed by atoms with Crippen LogP contribution < -0.4 is 10.6 Å². The van der Waals surface area contributed by atoms with Crippen LogP contribution in [0.25, 0.3) is 10.1 Å². The van der Waals surface area contributed by atoms with Crippen molar-refractivity contribution in [1.29, 1.82) is 0 Å². The first-order valence-electron chi connectivity index (χ1n) is 6.93. The van der Waals surface area contributed by atoms with Gasteiger partial charge in [-0.3, -0.25) is 0 Å². The Balaban J connectivity index is 1.61. The summed E-state index contributed by atoms with van der Waals surface area (Å²) < 4.78 is 6.07. The lowest BCUT2D eigenvalue weighted by Crippen LogP contribution is -2.36. The number of fused-ring (bicyclic) bond motifs is 1. The van der Waals surface area contributed by atoms with Gasteiger partial charge in [-0.25, -0.2) is 4.79 Å². The minimum absolute atomic E-state index is 0.0804. The van der Waals surface area contributed by atoms with E-state index in [2.05, 4.69) is 38.3 Å². The molecule has 22 heavy (non-hydrogen) atoms. The van der Waals surface area contributed by atoms with E-state index in [4.69, 9.17) is 4.52 Å². The monoisotopic (exact) mass is 316 g/mol. The van der Waals surface area contributed by atoms with Crippen LogP contribution in [0.2, 0.25) is 0 Å². The summed E-state index contributed by atoms with van der Waals surface area (Å²) >= 11 is 1.68. The second-order valence-corrected chi connectivity index (χ2v) is 5.88. The Morgan fingerprint density at radius 2 is 2.23 bits per heavy atom. The number of nitrogens with one attached hydrogen (secondary N) is 2. The average Bonchev–Trinajstić information content (AvgIpc) is 3.11. The predicted octanol–water partition coefficient (Wildman–Crippen LogP) is 3.15. The first-order chi connectivity index (χ1) is 10.6. The van der Waals surface area contributed by atoms with Gasteiger partial charge in [0, 0.05) is 11.6 Å². The molecule has 6 nitrogen and oxygen atoms in total. The quantitative estimate of drug-likeness (QED) is 0.775. The van der Waals surface area contributed by atoms with Gasteiger partial charge in [-0.2, -0.15) is 4.98 Å². The molecule has 3 aromatic rings. The Labute approximate surface area is 131 Å². The lowest BCUT2D eigenvalue weighted by Gasteiger charge is -2.13. The molecule has 0 saturated carbocycles. The molecule has 2 heterocycles. The molecule has 0 aliphatic carbocycles. The fraction of sp³-hybridized carbons (Fsp3) is 0.267. The fourth-order valence-corrected chi connectivity index (χ4v) is 3.29. The van der Waals surface area contributed by atoms with Gasteiger partial charge in [0.15, 0.2) is 5.82 Å². The summed E-state index contributed by atoms with van der Waals surface area (Å²) in [6.07, 6.45) is 0. The van der Waals surface area contributed by atoms with Crippen LogP contribution in [-0.4, -0.2) is 16.2 Å². The molecule has 0 aliphatic heterocycles. The van der Waals surface area contributed by atoms with Crippen molar-refractivity contribution < 1.29 is 9.32 Å². The van der Waals surface area contributed by atoms with Crippen molar-refractivity contribution in [2.75, 3.05) is 0 Å². The number of aryl methyl sites for hydroxylation is 1. The number of amides is 2. The fourth-order valence-electron chi connectivity index (χ4n) is 2.23. The Bertz CT molecular complexity index is 796. The molecule has 2 aromatic heterocycles. The highest BCUT2D eigenvalue weighted by atomic mass is 32.1. The van der Waals surface area contributed by atoms with E-state index in [0.717, 1.165) is 5.56 Å². The Morgan fingerprint density at radius 3 is 3.00 bits per heavy atom. The van der Waals surface area contributed by atoms with Crippen molar-refractivity contribution in [3.63, 3.8) is 0 Å². The minimum Gasteiger partial charge on any atom is -0.340 e. The second kappa shape index (κ2) is 6.15. The average molecular weight is 316 g/mol. The summed E-state index contributed by atoms with van der Waals surface area (Å²) in [7, 11) is 0. The van der Waals surface area contributed by atoms with E-state index in [0.29, 0.717) is 11.7 Å². The van der Waals surface area contributed by atoms with Gasteiger partial charge >= 0.3 is 6.03 Å². The van der Waals surface area contributed by atoms with E-state index in [9.17, 15) is 4.79 Å². The van der Waals surface area contributed by atoms with Crippen LogP contribution in [0.4, 0.5) is 4.79 Å². The van der Waals surface area contributed by atoms with Crippen molar-refractivity contribution in [1.82, 2.24) is 20.8 Å². The van der Waals surface area contributed by atoms with Crippen LogP contribution in [-0.2, 0) is 6.54 Å². The maximum atomic E-state index is 12.0. The number of carbonyl (C=O) groups excluding carboxylic acids is 1. The van der Waals surface area contributed by atoms with Gasteiger partial charge in [0.1, 0.15) is 0 Å². The number of hydrogen-bond acceptors (Lipinski definition) is 5. The van der Waals surface area contributed by atoms with Crippen molar-refractivity contribution in [3.05, 3.63) is 46.9 Å². The first kappa shape index (κ1) is 14.5. The topological polar surface area (TPSA) is 80.0 Å². The number of rotatable bonds is 4. The molecule has 0 saturated heterocycles. The number of hydrogen-bond donors (Lipinski definition) is 2. The standard InChI is InChI=1S/C15H16N4O2S/c1-9(12-8-22-13-6-4-3-5-11(12)13)17-15(20)16-7-14-18-10(2)21-19-14/h3-6,8-9H,7H2,1-2H3,(H2,16,17,20)/t9-/m1/s1. The van der Waals surface area contributed by atoms with Crippen molar-refractivity contribution in [2.45, 2.75) is 26.4 Å². The molecule has 3 rings (SSSR count). The lowest BCUT2D eigenvalue weighted by atomic mass is 10.1. The third-order valence-corrected chi connectivity index (χ3v) is 4.28. The smallest absolute Gasteiger partial charge is 0.315 e. The van der Waals surface area contributed by atoms with Gasteiger partial charge in [0.2, 0.25) is 5.89 Å². The summed E-state index contributed by atoms with van der Waals surface area (Å²) in [4.78, 5) is 16.0. The molecule has 0 aliphatic rings. The largest absolute Gasteiger partial charge is 0.340 e. The van der Waals surface area contributed by atoms with Crippen LogP contribution in [0.1, 0.15) is 30.2 Å². The van der Waals surface area contributed by atoms with Gasteiger partial charge in [0.05, 0.1) is 12.6 Å². The molecule has 0 radical (unpaired) electrons. The lowest BCUT2D eigenvalue weighted by molar-refractivity contribution is 0.237. The molecule has 2 N–H and O–H groups in total. The zero-order valence-corrected chi connectivity index (χ0v) is 13.1. The molecule has 0 spiro atoms. The molecule has 114 valence electrons. The molecule has 2 amide bonds. The Hall–Kier alpha value is -2.41. The van der Waals surface area contributed by atoms with E-state index < -0.39 is 0 Å². The molecule has 7 heteroatoms. The van der Waals surface area contributed by atoms with E-state index in [1.54, 1.807) is 18.3 Å². The summed E-state index contributed by atoms with van der Waals surface area (Å²) in [6, 6.07) is 7.83.